The van der Waals surface area contributed by atoms with E-state index in [0.29, 0.717) is 6.42 Å². The van der Waals surface area contributed by atoms with Crippen molar-refractivity contribution in [1.82, 2.24) is 4.72 Å². The molecule has 16 heavy (non-hydrogen) atoms. The van der Waals surface area contributed by atoms with Crippen LogP contribution >= 0.6 is 0 Å². The van der Waals surface area contributed by atoms with E-state index in [1.807, 2.05) is 6.92 Å². The van der Waals surface area contributed by atoms with Gasteiger partial charge in [0, 0.05) is 19.3 Å². The fraction of sp³-hybridized carbons (Fsp3) is 1.00. The monoisotopic (exact) mass is 247 g/mol. The molecule has 2 aliphatic rings. The molecule has 1 saturated heterocycles. The highest BCUT2D eigenvalue weighted by Crippen LogP contribution is 2.48. The molecule has 1 N–H and O–H groups in total. The van der Waals surface area contributed by atoms with E-state index in [-0.39, 0.29) is 17.2 Å². The summed E-state index contributed by atoms with van der Waals surface area (Å²) in [7, 11) is -3.06. The van der Waals surface area contributed by atoms with Crippen LogP contribution in [0, 0.1) is 5.41 Å². The van der Waals surface area contributed by atoms with Gasteiger partial charge in [-0.25, -0.2) is 13.1 Å². The van der Waals surface area contributed by atoms with Crippen molar-refractivity contribution in [2.45, 2.75) is 45.1 Å². The Labute approximate surface area is 97.8 Å². The summed E-state index contributed by atoms with van der Waals surface area (Å²) in [5.41, 5.74) is 0.207. The van der Waals surface area contributed by atoms with E-state index in [0.717, 1.165) is 38.9 Å². The van der Waals surface area contributed by atoms with Gasteiger partial charge in [-0.05, 0) is 37.5 Å². The van der Waals surface area contributed by atoms with Gasteiger partial charge >= 0.3 is 0 Å². The number of rotatable bonds is 4. The molecule has 0 aromatic carbocycles. The van der Waals surface area contributed by atoms with Gasteiger partial charge < -0.3 is 4.74 Å². The van der Waals surface area contributed by atoms with Crippen LogP contribution in [-0.2, 0) is 14.8 Å². The molecule has 1 atom stereocenters. The van der Waals surface area contributed by atoms with Crippen LogP contribution in [0.3, 0.4) is 0 Å². The van der Waals surface area contributed by atoms with Crippen molar-refractivity contribution >= 4 is 10.0 Å². The molecule has 1 aliphatic heterocycles. The zero-order valence-electron chi connectivity index (χ0n) is 9.87. The van der Waals surface area contributed by atoms with Gasteiger partial charge in [-0.15, -0.1) is 0 Å². The Balaban J connectivity index is 1.95. The zero-order chi connectivity index (χ0) is 11.6. The first-order valence-corrected chi connectivity index (χ1v) is 7.81. The summed E-state index contributed by atoms with van der Waals surface area (Å²) in [4.78, 5) is 0. The fourth-order valence-electron chi connectivity index (χ4n) is 2.80. The molecular weight excluding hydrogens is 226 g/mol. The van der Waals surface area contributed by atoms with Crippen molar-refractivity contribution in [3.63, 3.8) is 0 Å². The third-order valence-electron chi connectivity index (χ3n) is 3.95. The van der Waals surface area contributed by atoms with E-state index in [2.05, 4.69) is 4.72 Å². The molecule has 1 aliphatic carbocycles. The number of ether oxygens (including phenoxy) is 1. The summed E-state index contributed by atoms with van der Waals surface area (Å²) in [6, 6.07) is 0.160. The third-order valence-corrected chi connectivity index (χ3v) is 5.54. The number of nitrogens with one attached hydrogen (secondary N) is 1. The van der Waals surface area contributed by atoms with Gasteiger partial charge in [0.15, 0.2) is 0 Å². The van der Waals surface area contributed by atoms with Crippen LogP contribution in [0.15, 0.2) is 0 Å². The van der Waals surface area contributed by atoms with E-state index in [1.165, 1.54) is 0 Å². The van der Waals surface area contributed by atoms with Crippen LogP contribution in [0.2, 0.25) is 0 Å². The molecule has 1 unspecified atom stereocenters. The second-order valence-corrected chi connectivity index (χ2v) is 6.88. The quantitative estimate of drug-likeness (QED) is 0.814. The first-order valence-electron chi connectivity index (χ1n) is 6.16. The fourth-order valence-corrected chi connectivity index (χ4v) is 4.26. The SMILES string of the molecule is CCCS(=O)(=O)NC1CCC12CCOCC2. The summed E-state index contributed by atoms with van der Waals surface area (Å²) >= 11 is 0. The minimum absolute atomic E-state index is 0.160. The van der Waals surface area contributed by atoms with E-state index in [9.17, 15) is 8.42 Å². The first kappa shape index (κ1) is 12.3. The molecule has 1 saturated carbocycles. The van der Waals surface area contributed by atoms with Gasteiger partial charge in [-0.3, -0.25) is 0 Å². The van der Waals surface area contributed by atoms with Crippen LogP contribution in [0.1, 0.15) is 39.0 Å². The normalized spacial score (nSPS) is 28.9. The minimum Gasteiger partial charge on any atom is -0.381 e. The molecule has 0 amide bonds. The minimum atomic E-state index is -3.06. The maximum atomic E-state index is 11.7. The molecule has 2 fully saturated rings. The number of sulfonamides is 1. The molecule has 94 valence electrons. The maximum Gasteiger partial charge on any atom is 0.211 e. The lowest BCUT2D eigenvalue weighted by atomic mass is 9.60. The van der Waals surface area contributed by atoms with Gasteiger partial charge in [0.05, 0.1) is 5.75 Å². The van der Waals surface area contributed by atoms with Crippen molar-refractivity contribution in [1.29, 1.82) is 0 Å². The van der Waals surface area contributed by atoms with Gasteiger partial charge in [0.2, 0.25) is 10.0 Å². The van der Waals surface area contributed by atoms with E-state index < -0.39 is 10.0 Å². The van der Waals surface area contributed by atoms with Gasteiger partial charge in [-0.1, -0.05) is 6.92 Å². The molecule has 1 spiro atoms. The third kappa shape index (κ3) is 2.41. The molecule has 0 aromatic heterocycles. The smallest absolute Gasteiger partial charge is 0.211 e. The second-order valence-electron chi connectivity index (χ2n) is 5.00. The Hall–Kier alpha value is -0.130. The Morgan fingerprint density at radius 2 is 2.00 bits per heavy atom. The standard InChI is InChI=1S/C11H21NO3S/c1-2-9-16(13,14)12-10-3-4-11(10)5-7-15-8-6-11/h10,12H,2-9H2,1H3. The van der Waals surface area contributed by atoms with Crippen molar-refractivity contribution in [2.24, 2.45) is 5.41 Å². The predicted octanol–water partition coefficient (Wildman–Crippen LogP) is 1.27. The predicted molar refractivity (Wildman–Crippen MR) is 62.7 cm³/mol. The van der Waals surface area contributed by atoms with Crippen molar-refractivity contribution in [2.75, 3.05) is 19.0 Å². The lowest BCUT2D eigenvalue weighted by Gasteiger charge is -2.51. The lowest BCUT2D eigenvalue weighted by molar-refractivity contribution is -0.0483. The summed E-state index contributed by atoms with van der Waals surface area (Å²) in [6.45, 7) is 3.46. The summed E-state index contributed by atoms with van der Waals surface area (Å²) in [6.07, 6.45) is 4.83. The highest BCUT2D eigenvalue weighted by Gasteiger charge is 2.48. The van der Waals surface area contributed by atoms with Gasteiger partial charge in [0.25, 0.3) is 0 Å². The second kappa shape index (κ2) is 4.63. The van der Waals surface area contributed by atoms with E-state index in [4.69, 9.17) is 4.74 Å². The number of hydrogen-bond donors (Lipinski definition) is 1. The van der Waals surface area contributed by atoms with Crippen molar-refractivity contribution < 1.29 is 13.2 Å². The molecule has 0 bridgehead atoms. The van der Waals surface area contributed by atoms with Crippen molar-refractivity contribution in [3.05, 3.63) is 0 Å². The highest BCUT2D eigenvalue weighted by molar-refractivity contribution is 7.89. The van der Waals surface area contributed by atoms with Crippen LogP contribution in [-0.4, -0.2) is 33.4 Å². The van der Waals surface area contributed by atoms with Crippen LogP contribution in [0.25, 0.3) is 0 Å². The van der Waals surface area contributed by atoms with Crippen LogP contribution in [0.5, 0.6) is 0 Å². The zero-order valence-corrected chi connectivity index (χ0v) is 10.7. The first-order chi connectivity index (χ1) is 7.58. The highest BCUT2D eigenvalue weighted by atomic mass is 32.2. The Morgan fingerprint density at radius 3 is 2.50 bits per heavy atom. The Kier molecular flexibility index (Phi) is 3.56. The van der Waals surface area contributed by atoms with Crippen LogP contribution in [0.4, 0.5) is 0 Å². The van der Waals surface area contributed by atoms with Crippen molar-refractivity contribution in [3.8, 4) is 0 Å². The van der Waals surface area contributed by atoms with Crippen LogP contribution < -0.4 is 4.72 Å². The maximum absolute atomic E-state index is 11.7. The molecule has 1 heterocycles. The van der Waals surface area contributed by atoms with E-state index in [1.54, 1.807) is 0 Å². The summed E-state index contributed by atoms with van der Waals surface area (Å²) in [5, 5.41) is 0. The number of hydrogen-bond acceptors (Lipinski definition) is 3. The summed E-state index contributed by atoms with van der Waals surface area (Å²) in [5.74, 6) is 0.246. The average Bonchev–Trinajstić information content (AvgIpc) is 2.26. The molecule has 0 radical (unpaired) electrons. The molecule has 4 nitrogen and oxygen atoms in total. The Bertz CT molecular complexity index is 333. The molecule has 0 aromatic rings. The van der Waals surface area contributed by atoms with E-state index >= 15 is 0 Å². The molecule has 5 heteroatoms. The summed E-state index contributed by atoms with van der Waals surface area (Å²) < 4.78 is 31.7. The molecule has 2 rings (SSSR count). The Morgan fingerprint density at radius 1 is 1.31 bits per heavy atom. The van der Waals surface area contributed by atoms with Gasteiger partial charge in [-0.2, -0.15) is 0 Å². The average molecular weight is 247 g/mol. The largest absolute Gasteiger partial charge is 0.381 e. The topological polar surface area (TPSA) is 55.4 Å². The molecular formula is C11H21NO3S. The van der Waals surface area contributed by atoms with Gasteiger partial charge in [0.1, 0.15) is 0 Å². The lowest BCUT2D eigenvalue weighted by Crippen LogP contribution is -2.57.